The van der Waals surface area contributed by atoms with Crippen LogP contribution >= 0.6 is 23.2 Å². The lowest BCUT2D eigenvalue weighted by molar-refractivity contribution is 0.186. The molecule has 1 aromatic carbocycles. The van der Waals surface area contributed by atoms with Crippen molar-refractivity contribution in [2.75, 3.05) is 6.54 Å². The maximum Gasteiger partial charge on any atom is 0.192 e. The monoisotopic (exact) mass is 411 g/mol. The zero-order chi connectivity index (χ0) is 19.0. The molecule has 1 aromatic heterocycles. The minimum absolute atomic E-state index is 0.169. The van der Waals surface area contributed by atoms with Gasteiger partial charge < -0.3 is 9.74 Å². The first kappa shape index (κ1) is 21.3. The second kappa shape index (κ2) is 10.4. The summed E-state index contributed by atoms with van der Waals surface area (Å²) in [5.41, 5.74) is 1.96. The van der Waals surface area contributed by atoms with Crippen LogP contribution in [-0.4, -0.2) is 25.1 Å². The molecule has 7 heteroatoms. The van der Waals surface area contributed by atoms with Crippen molar-refractivity contribution in [2.45, 2.75) is 51.6 Å². The van der Waals surface area contributed by atoms with Crippen molar-refractivity contribution in [1.82, 2.24) is 15.5 Å². The van der Waals surface area contributed by atoms with Gasteiger partial charge in [0.05, 0.1) is 12.3 Å². The van der Waals surface area contributed by atoms with Gasteiger partial charge in [-0.25, -0.2) is 0 Å². The first-order valence-corrected chi connectivity index (χ1v) is 12.4. The summed E-state index contributed by atoms with van der Waals surface area (Å²) in [5, 5.41) is 12.5. The van der Waals surface area contributed by atoms with Gasteiger partial charge in [-0.3, -0.25) is 0 Å². The number of hydrogen-bond acceptors (Lipinski definition) is 4. The standard InChI is InChI=1S/C19H27Cl2N3OSi/c1-4-26(5-2,6-3)25-18(19-16(20)8-7-9-17(19)21)14-22-12-15-10-11-23-24-13-15/h7-11,13,18,22H,4-6,12,14H2,1-3H3. The van der Waals surface area contributed by atoms with Crippen LogP contribution in [0.1, 0.15) is 38.0 Å². The van der Waals surface area contributed by atoms with Gasteiger partial charge in [0.25, 0.3) is 0 Å². The predicted molar refractivity (Wildman–Crippen MR) is 111 cm³/mol. The molecule has 0 aliphatic rings. The van der Waals surface area contributed by atoms with E-state index in [1.165, 1.54) is 0 Å². The smallest absolute Gasteiger partial charge is 0.192 e. The van der Waals surface area contributed by atoms with E-state index in [2.05, 4.69) is 36.3 Å². The number of hydrogen-bond donors (Lipinski definition) is 1. The second-order valence-electron chi connectivity index (χ2n) is 6.37. The molecular weight excluding hydrogens is 385 g/mol. The topological polar surface area (TPSA) is 47.0 Å². The fourth-order valence-electron chi connectivity index (χ4n) is 3.09. The van der Waals surface area contributed by atoms with Gasteiger partial charge in [-0.1, -0.05) is 50.0 Å². The number of rotatable bonds is 10. The molecule has 26 heavy (non-hydrogen) atoms. The summed E-state index contributed by atoms with van der Waals surface area (Å²) in [7, 11) is -1.82. The van der Waals surface area contributed by atoms with Crippen molar-refractivity contribution in [3.8, 4) is 0 Å². The van der Waals surface area contributed by atoms with Crippen LogP contribution in [0, 0.1) is 0 Å². The second-order valence-corrected chi connectivity index (χ2v) is 11.9. The molecule has 0 bridgehead atoms. The summed E-state index contributed by atoms with van der Waals surface area (Å²) in [4.78, 5) is 0. The number of nitrogens with zero attached hydrogens (tertiary/aromatic N) is 2. The van der Waals surface area contributed by atoms with E-state index in [0.29, 0.717) is 23.1 Å². The zero-order valence-electron chi connectivity index (χ0n) is 15.6. The van der Waals surface area contributed by atoms with Crippen LogP contribution in [0.4, 0.5) is 0 Å². The highest BCUT2D eigenvalue weighted by Gasteiger charge is 2.33. The third-order valence-corrected chi connectivity index (χ3v) is 10.3. The van der Waals surface area contributed by atoms with E-state index in [9.17, 15) is 0 Å². The molecular formula is C19H27Cl2N3OSi. The Hall–Kier alpha value is -0.983. The molecule has 1 unspecified atom stereocenters. The van der Waals surface area contributed by atoms with Gasteiger partial charge in [0.1, 0.15) is 0 Å². The highest BCUT2D eigenvalue weighted by molar-refractivity contribution is 6.73. The van der Waals surface area contributed by atoms with Gasteiger partial charge in [0.2, 0.25) is 0 Å². The lowest BCUT2D eigenvalue weighted by Gasteiger charge is -2.34. The zero-order valence-corrected chi connectivity index (χ0v) is 18.1. The molecule has 0 aliphatic heterocycles. The molecule has 1 heterocycles. The first-order valence-electron chi connectivity index (χ1n) is 9.13. The lowest BCUT2D eigenvalue weighted by atomic mass is 10.1. The van der Waals surface area contributed by atoms with Crippen molar-refractivity contribution in [1.29, 1.82) is 0 Å². The molecule has 0 radical (unpaired) electrons. The fraction of sp³-hybridized carbons (Fsp3) is 0.474. The minimum Gasteiger partial charge on any atom is -0.409 e. The average molecular weight is 412 g/mol. The van der Waals surface area contributed by atoms with Crippen molar-refractivity contribution in [3.05, 3.63) is 57.8 Å². The van der Waals surface area contributed by atoms with E-state index in [1.807, 2.05) is 24.3 Å². The van der Waals surface area contributed by atoms with E-state index in [-0.39, 0.29) is 6.10 Å². The molecule has 142 valence electrons. The van der Waals surface area contributed by atoms with E-state index in [0.717, 1.165) is 29.3 Å². The van der Waals surface area contributed by atoms with E-state index in [1.54, 1.807) is 12.4 Å². The molecule has 2 aromatic rings. The van der Waals surface area contributed by atoms with Gasteiger partial charge in [0, 0.05) is 34.9 Å². The molecule has 0 amide bonds. The Balaban J connectivity index is 2.21. The van der Waals surface area contributed by atoms with Crippen LogP contribution in [0.25, 0.3) is 0 Å². The summed E-state index contributed by atoms with van der Waals surface area (Å²) in [6.07, 6.45) is 3.28. The highest BCUT2D eigenvalue weighted by atomic mass is 35.5. The summed E-state index contributed by atoms with van der Waals surface area (Å²) in [6, 6.07) is 10.8. The summed E-state index contributed by atoms with van der Waals surface area (Å²) < 4.78 is 6.75. The molecule has 0 fully saturated rings. The molecule has 2 rings (SSSR count). The summed E-state index contributed by atoms with van der Waals surface area (Å²) in [6.45, 7) is 8.00. The maximum absolute atomic E-state index is 6.75. The molecule has 1 atom stereocenters. The van der Waals surface area contributed by atoms with Crippen molar-refractivity contribution in [2.24, 2.45) is 0 Å². The summed E-state index contributed by atoms with van der Waals surface area (Å²) in [5.74, 6) is 0. The van der Waals surface area contributed by atoms with Gasteiger partial charge >= 0.3 is 0 Å². The van der Waals surface area contributed by atoms with Gasteiger partial charge in [-0.2, -0.15) is 10.2 Å². The van der Waals surface area contributed by atoms with Gasteiger partial charge in [0.15, 0.2) is 8.32 Å². The fourth-order valence-corrected chi connectivity index (χ4v) is 6.54. The van der Waals surface area contributed by atoms with Crippen LogP contribution in [-0.2, 0) is 11.0 Å². The Labute approximate surface area is 167 Å². The highest BCUT2D eigenvalue weighted by Crippen LogP contribution is 2.36. The Morgan fingerprint density at radius 2 is 1.69 bits per heavy atom. The lowest BCUT2D eigenvalue weighted by Crippen LogP contribution is -2.40. The van der Waals surface area contributed by atoms with Crippen molar-refractivity contribution < 1.29 is 4.43 Å². The van der Waals surface area contributed by atoms with Gasteiger partial charge in [-0.15, -0.1) is 0 Å². The Bertz CT molecular complexity index is 655. The molecule has 0 saturated heterocycles. The average Bonchev–Trinajstić information content (AvgIpc) is 2.66. The van der Waals surface area contributed by atoms with E-state index >= 15 is 0 Å². The number of nitrogens with one attached hydrogen (secondary N) is 1. The first-order chi connectivity index (χ1) is 12.5. The normalized spacial score (nSPS) is 13.0. The largest absolute Gasteiger partial charge is 0.409 e. The van der Waals surface area contributed by atoms with E-state index < -0.39 is 8.32 Å². The Morgan fingerprint density at radius 1 is 1.04 bits per heavy atom. The molecule has 1 N–H and O–H groups in total. The Kier molecular flexibility index (Phi) is 8.51. The number of benzene rings is 1. The maximum atomic E-state index is 6.75. The summed E-state index contributed by atoms with van der Waals surface area (Å²) >= 11 is 13.0. The number of aromatic nitrogens is 2. The Morgan fingerprint density at radius 3 is 2.23 bits per heavy atom. The molecule has 0 saturated carbocycles. The minimum atomic E-state index is -1.82. The molecule has 4 nitrogen and oxygen atoms in total. The van der Waals surface area contributed by atoms with Crippen LogP contribution in [0.5, 0.6) is 0 Å². The van der Waals surface area contributed by atoms with Crippen LogP contribution < -0.4 is 5.32 Å². The predicted octanol–water partition coefficient (Wildman–Crippen LogP) is 5.64. The van der Waals surface area contributed by atoms with Gasteiger partial charge in [-0.05, 0) is 41.9 Å². The van der Waals surface area contributed by atoms with Crippen LogP contribution in [0.15, 0.2) is 36.7 Å². The quantitative estimate of drug-likeness (QED) is 0.514. The SMILES string of the molecule is CC[Si](CC)(CC)OC(CNCc1ccnnc1)c1c(Cl)cccc1Cl. The number of halogens is 2. The third-order valence-electron chi connectivity index (χ3n) is 4.95. The van der Waals surface area contributed by atoms with Crippen LogP contribution in [0.3, 0.4) is 0 Å². The van der Waals surface area contributed by atoms with Crippen molar-refractivity contribution in [3.63, 3.8) is 0 Å². The van der Waals surface area contributed by atoms with E-state index in [4.69, 9.17) is 27.6 Å². The van der Waals surface area contributed by atoms with Crippen LogP contribution in [0.2, 0.25) is 28.2 Å². The molecule has 0 spiro atoms. The molecule has 0 aliphatic carbocycles. The van der Waals surface area contributed by atoms with Crippen molar-refractivity contribution >= 4 is 31.5 Å². The third kappa shape index (κ3) is 5.51.